The monoisotopic (exact) mass is 340 g/mol. The third-order valence-corrected chi connectivity index (χ3v) is 4.36. The van der Waals surface area contributed by atoms with Crippen molar-refractivity contribution < 1.29 is 21.6 Å². The molecule has 21 heavy (non-hydrogen) atoms. The number of unbranched alkanes of at least 4 members (excludes halogenated alkanes) is 1. The van der Waals surface area contributed by atoms with Crippen LogP contribution in [0.15, 0.2) is 29.2 Å². The lowest BCUT2D eigenvalue weighted by atomic mass is 10.2. The number of rotatable bonds is 7. The molecule has 0 bridgehead atoms. The molecule has 0 aliphatic rings. The molecular formula is C12H15F3N2O2S2. The second-order valence-electron chi connectivity index (χ2n) is 4.33. The standard InChI is InChI=1S/C12H15F3N2O2S2/c13-12(14,15)7-3-4-8-17-21(18,19)10-6-2-1-5-9(10)11(16)20/h1-2,5-6,17H,3-4,7-8H2,(H2,16,20). The van der Waals surface area contributed by atoms with Crippen LogP contribution in [0.25, 0.3) is 0 Å². The number of hydrogen-bond donors (Lipinski definition) is 2. The molecule has 0 aliphatic heterocycles. The van der Waals surface area contributed by atoms with Gasteiger partial charge in [-0.3, -0.25) is 0 Å². The zero-order valence-electron chi connectivity index (χ0n) is 11.0. The van der Waals surface area contributed by atoms with Crippen molar-refractivity contribution in [2.75, 3.05) is 6.54 Å². The minimum absolute atomic E-state index is 0.0620. The van der Waals surface area contributed by atoms with E-state index in [2.05, 4.69) is 4.72 Å². The summed E-state index contributed by atoms with van der Waals surface area (Å²) >= 11 is 4.77. The summed E-state index contributed by atoms with van der Waals surface area (Å²) in [6, 6.07) is 5.92. The van der Waals surface area contributed by atoms with Crippen molar-refractivity contribution in [2.45, 2.75) is 30.3 Å². The Hall–Kier alpha value is -1.19. The molecule has 9 heteroatoms. The molecule has 0 saturated heterocycles. The molecule has 1 aromatic rings. The highest BCUT2D eigenvalue weighted by Crippen LogP contribution is 2.22. The van der Waals surface area contributed by atoms with E-state index in [-0.39, 0.29) is 34.8 Å². The van der Waals surface area contributed by atoms with Gasteiger partial charge in [-0.1, -0.05) is 30.4 Å². The second-order valence-corrected chi connectivity index (χ2v) is 6.51. The molecule has 118 valence electrons. The number of hydrogen-bond acceptors (Lipinski definition) is 3. The molecule has 1 rings (SSSR count). The molecule has 0 unspecified atom stereocenters. The Morgan fingerprint density at radius 1 is 1.24 bits per heavy atom. The first-order valence-electron chi connectivity index (χ1n) is 6.09. The number of halogens is 3. The lowest BCUT2D eigenvalue weighted by Gasteiger charge is -2.11. The van der Waals surface area contributed by atoms with Crippen LogP contribution in [0, 0.1) is 0 Å². The molecule has 0 spiro atoms. The van der Waals surface area contributed by atoms with Crippen molar-refractivity contribution in [1.29, 1.82) is 0 Å². The molecule has 3 N–H and O–H groups in total. The Labute approximate surface area is 126 Å². The molecule has 0 amide bonds. The zero-order valence-corrected chi connectivity index (χ0v) is 12.6. The van der Waals surface area contributed by atoms with Gasteiger partial charge in [-0.2, -0.15) is 13.2 Å². The van der Waals surface area contributed by atoms with Gasteiger partial charge in [0.2, 0.25) is 10.0 Å². The average Bonchev–Trinajstić information content (AvgIpc) is 2.36. The largest absolute Gasteiger partial charge is 0.389 e. The number of nitrogens with two attached hydrogens (primary N) is 1. The molecule has 0 aliphatic carbocycles. The van der Waals surface area contributed by atoms with Gasteiger partial charge in [0, 0.05) is 18.5 Å². The van der Waals surface area contributed by atoms with Gasteiger partial charge in [-0.05, 0) is 18.9 Å². The molecule has 4 nitrogen and oxygen atoms in total. The fourth-order valence-electron chi connectivity index (χ4n) is 1.64. The van der Waals surface area contributed by atoms with Crippen LogP contribution in [-0.2, 0) is 10.0 Å². The fourth-order valence-corrected chi connectivity index (χ4v) is 3.18. The summed E-state index contributed by atoms with van der Waals surface area (Å²) in [4.78, 5) is -0.138. The molecule has 0 atom stereocenters. The second kappa shape index (κ2) is 7.19. The van der Waals surface area contributed by atoms with Gasteiger partial charge in [0.05, 0.1) is 4.90 Å². The van der Waals surface area contributed by atoms with Crippen molar-refractivity contribution in [2.24, 2.45) is 5.73 Å². The van der Waals surface area contributed by atoms with Gasteiger partial charge >= 0.3 is 6.18 Å². The predicted molar refractivity (Wildman–Crippen MR) is 77.4 cm³/mol. The van der Waals surface area contributed by atoms with Crippen molar-refractivity contribution in [3.63, 3.8) is 0 Å². The summed E-state index contributed by atoms with van der Waals surface area (Å²) in [6.07, 6.45) is -5.20. The third kappa shape index (κ3) is 5.98. The van der Waals surface area contributed by atoms with Crippen LogP contribution >= 0.6 is 12.2 Å². The van der Waals surface area contributed by atoms with Crippen molar-refractivity contribution >= 4 is 27.2 Å². The summed E-state index contributed by atoms with van der Waals surface area (Å²) in [6.45, 7) is -0.0793. The number of alkyl halides is 3. The lowest BCUT2D eigenvalue weighted by molar-refractivity contribution is -0.135. The van der Waals surface area contributed by atoms with E-state index in [0.717, 1.165) is 0 Å². The maximum atomic E-state index is 12.1. The van der Waals surface area contributed by atoms with Crippen LogP contribution in [0.1, 0.15) is 24.8 Å². The first-order chi connectivity index (χ1) is 9.63. The maximum absolute atomic E-state index is 12.1. The van der Waals surface area contributed by atoms with E-state index >= 15 is 0 Å². The SMILES string of the molecule is NC(=S)c1ccccc1S(=O)(=O)NCCCCC(F)(F)F. The third-order valence-electron chi connectivity index (χ3n) is 2.62. The quantitative estimate of drug-likeness (QED) is 0.590. The predicted octanol–water partition coefficient (Wildman–Crippen LogP) is 2.33. The Morgan fingerprint density at radius 2 is 1.86 bits per heavy atom. The first-order valence-corrected chi connectivity index (χ1v) is 7.98. The molecule has 0 fully saturated rings. The van der Waals surface area contributed by atoms with Gasteiger partial charge in [0.25, 0.3) is 0 Å². The smallest absolute Gasteiger partial charge is 0.389 e. The van der Waals surface area contributed by atoms with E-state index in [9.17, 15) is 21.6 Å². The minimum atomic E-state index is -4.22. The van der Waals surface area contributed by atoms with Crippen LogP contribution in [0.2, 0.25) is 0 Å². The first kappa shape index (κ1) is 17.9. The highest BCUT2D eigenvalue weighted by atomic mass is 32.2. The van der Waals surface area contributed by atoms with E-state index in [0.29, 0.717) is 0 Å². The summed E-state index contributed by atoms with van der Waals surface area (Å²) in [5.41, 5.74) is 5.65. The van der Waals surface area contributed by atoms with Crippen molar-refractivity contribution in [3.8, 4) is 0 Å². The summed E-state index contributed by atoms with van der Waals surface area (Å²) in [5, 5.41) is 0. The van der Waals surface area contributed by atoms with Crippen LogP contribution in [0.4, 0.5) is 13.2 Å². The molecule has 0 saturated carbocycles. The molecule has 0 aromatic heterocycles. The van der Waals surface area contributed by atoms with Crippen LogP contribution in [0.3, 0.4) is 0 Å². The topological polar surface area (TPSA) is 72.2 Å². The average molecular weight is 340 g/mol. The highest BCUT2D eigenvalue weighted by molar-refractivity contribution is 7.89. The van der Waals surface area contributed by atoms with Gasteiger partial charge < -0.3 is 5.73 Å². The number of thiocarbonyl (C=S) groups is 1. The van der Waals surface area contributed by atoms with E-state index in [1.165, 1.54) is 18.2 Å². The van der Waals surface area contributed by atoms with Gasteiger partial charge in [-0.25, -0.2) is 13.1 Å². The van der Waals surface area contributed by atoms with Crippen molar-refractivity contribution in [1.82, 2.24) is 4.72 Å². The summed E-state index contributed by atoms with van der Waals surface area (Å²) < 4.78 is 62.3. The van der Waals surface area contributed by atoms with Gasteiger partial charge in [0.1, 0.15) is 4.99 Å². The number of benzene rings is 1. The Balaban J connectivity index is 2.65. The summed E-state index contributed by atoms with van der Waals surface area (Å²) in [5.74, 6) is 0. The Bertz CT molecular complexity index is 601. The Morgan fingerprint density at radius 3 is 2.43 bits per heavy atom. The zero-order chi connectivity index (χ0) is 16.1. The molecule has 1 aromatic carbocycles. The maximum Gasteiger partial charge on any atom is 0.389 e. The summed E-state index contributed by atoms with van der Waals surface area (Å²) in [7, 11) is -3.85. The molecular weight excluding hydrogens is 325 g/mol. The minimum Gasteiger partial charge on any atom is -0.389 e. The van der Waals surface area contributed by atoms with E-state index in [1.807, 2.05) is 0 Å². The lowest BCUT2D eigenvalue weighted by Crippen LogP contribution is -2.27. The molecule has 0 radical (unpaired) electrons. The highest BCUT2D eigenvalue weighted by Gasteiger charge is 2.26. The molecule has 0 heterocycles. The fraction of sp³-hybridized carbons (Fsp3) is 0.417. The van der Waals surface area contributed by atoms with Gasteiger partial charge in [-0.15, -0.1) is 0 Å². The van der Waals surface area contributed by atoms with Crippen LogP contribution < -0.4 is 10.5 Å². The van der Waals surface area contributed by atoms with E-state index in [1.54, 1.807) is 6.07 Å². The van der Waals surface area contributed by atoms with Crippen LogP contribution in [0.5, 0.6) is 0 Å². The number of nitrogens with one attached hydrogen (secondary N) is 1. The van der Waals surface area contributed by atoms with Crippen molar-refractivity contribution in [3.05, 3.63) is 29.8 Å². The number of sulfonamides is 1. The van der Waals surface area contributed by atoms with Gasteiger partial charge in [0.15, 0.2) is 0 Å². The normalized spacial score (nSPS) is 12.3. The van der Waals surface area contributed by atoms with E-state index in [4.69, 9.17) is 18.0 Å². The van der Waals surface area contributed by atoms with E-state index < -0.39 is 22.6 Å². The Kier molecular flexibility index (Phi) is 6.11. The van der Waals surface area contributed by atoms with Crippen LogP contribution in [-0.4, -0.2) is 26.1 Å².